The van der Waals surface area contributed by atoms with Crippen LogP contribution < -0.4 is 4.74 Å². The molecule has 0 aliphatic carbocycles. The van der Waals surface area contributed by atoms with Crippen molar-refractivity contribution in [1.82, 2.24) is 14.5 Å². The molecule has 1 aromatic heterocycles. The van der Waals surface area contributed by atoms with Gasteiger partial charge in [0.2, 0.25) is 0 Å². The number of nitrogens with zero attached hydrogens (tertiary/aromatic N) is 3. The zero-order valence-electron chi connectivity index (χ0n) is 23.1. The van der Waals surface area contributed by atoms with E-state index in [2.05, 4.69) is 114 Å². The van der Waals surface area contributed by atoms with Crippen molar-refractivity contribution < 1.29 is 4.74 Å². The minimum atomic E-state index is 0.676. The zero-order chi connectivity index (χ0) is 26.6. The maximum Gasteiger partial charge on any atom is 0.140 e. The molecule has 4 rings (SSSR count). The monoisotopic (exact) mass is 527 g/mol. The van der Waals surface area contributed by atoms with Gasteiger partial charge in [-0.2, -0.15) is 0 Å². The Morgan fingerprint density at radius 3 is 2.08 bits per heavy atom. The van der Waals surface area contributed by atoms with Crippen molar-refractivity contribution in [2.75, 3.05) is 18.7 Å². The van der Waals surface area contributed by atoms with Gasteiger partial charge >= 0.3 is 0 Å². The van der Waals surface area contributed by atoms with Gasteiger partial charge in [0.05, 0.1) is 11.4 Å². The molecule has 200 valence electrons. The lowest BCUT2D eigenvalue weighted by Gasteiger charge is -2.24. The van der Waals surface area contributed by atoms with Crippen LogP contribution in [0.15, 0.2) is 84.9 Å². The first-order chi connectivity index (χ1) is 18.7. The fourth-order valence-electron chi connectivity index (χ4n) is 4.72. The van der Waals surface area contributed by atoms with E-state index in [4.69, 9.17) is 9.72 Å². The minimum Gasteiger partial charge on any atom is -0.483 e. The summed E-state index contributed by atoms with van der Waals surface area (Å²) in [7, 11) is 0. The molecular weight excluding hydrogens is 486 g/mol. The van der Waals surface area contributed by atoms with Crippen LogP contribution >= 0.6 is 11.8 Å². The normalized spacial score (nSPS) is 11.3. The molecule has 0 atom stereocenters. The number of hydrogen-bond donors (Lipinski definition) is 0. The van der Waals surface area contributed by atoms with Gasteiger partial charge in [0, 0.05) is 30.8 Å². The van der Waals surface area contributed by atoms with Crippen LogP contribution in [0, 0.1) is 0 Å². The van der Waals surface area contributed by atoms with Gasteiger partial charge in [0.1, 0.15) is 17.5 Å². The van der Waals surface area contributed by atoms with E-state index in [9.17, 15) is 0 Å². The average molecular weight is 528 g/mol. The summed E-state index contributed by atoms with van der Waals surface area (Å²) in [6.07, 6.45) is 6.68. The summed E-state index contributed by atoms with van der Waals surface area (Å²) in [6, 6.07) is 29.9. The molecule has 4 nitrogen and oxygen atoms in total. The fraction of sp³-hybridized carbons (Fsp3) is 0.364. The second-order valence-corrected chi connectivity index (χ2v) is 10.5. The van der Waals surface area contributed by atoms with Gasteiger partial charge in [-0.05, 0) is 43.3 Å². The van der Waals surface area contributed by atoms with Crippen molar-refractivity contribution in [3.05, 3.63) is 96.2 Å². The van der Waals surface area contributed by atoms with E-state index in [0.29, 0.717) is 5.94 Å². The van der Waals surface area contributed by atoms with Gasteiger partial charge in [0.25, 0.3) is 0 Å². The zero-order valence-corrected chi connectivity index (χ0v) is 23.9. The molecule has 0 fully saturated rings. The maximum atomic E-state index is 5.78. The molecule has 0 aliphatic heterocycles. The number of thioether (sulfide) groups is 1. The van der Waals surface area contributed by atoms with Gasteiger partial charge in [-0.1, -0.05) is 99.5 Å². The number of aromatic nitrogens is 2. The second kappa shape index (κ2) is 14.8. The third-order valence-corrected chi connectivity index (χ3v) is 7.11. The van der Waals surface area contributed by atoms with Gasteiger partial charge in [0.15, 0.2) is 0 Å². The van der Waals surface area contributed by atoms with Gasteiger partial charge in [-0.25, -0.2) is 4.98 Å². The maximum absolute atomic E-state index is 5.78. The molecule has 5 heteroatoms. The van der Waals surface area contributed by atoms with Crippen molar-refractivity contribution >= 4 is 11.8 Å². The number of ether oxygens (including phenoxy) is 1. The summed E-state index contributed by atoms with van der Waals surface area (Å²) in [5.41, 5.74) is 6.07. The van der Waals surface area contributed by atoms with Crippen LogP contribution in [0.2, 0.25) is 0 Å². The lowest BCUT2D eigenvalue weighted by Crippen LogP contribution is -2.26. The Balaban J connectivity index is 1.71. The summed E-state index contributed by atoms with van der Waals surface area (Å²) >= 11 is 1.69. The van der Waals surface area contributed by atoms with Crippen LogP contribution in [0.5, 0.6) is 5.75 Å². The van der Waals surface area contributed by atoms with Crippen molar-refractivity contribution in [2.45, 2.75) is 59.2 Å². The van der Waals surface area contributed by atoms with E-state index in [1.54, 1.807) is 11.8 Å². The summed E-state index contributed by atoms with van der Waals surface area (Å²) in [5.74, 6) is 2.67. The van der Waals surface area contributed by atoms with E-state index in [0.717, 1.165) is 56.3 Å². The molecule has 0 radical (unpaired) electrons. The van der Waals surface area contributed by atoms with Crippen LogP contribution in [-0.4, -0.2) is 33.2 Å². The molecule has 38 heavy (non-hydrogen) atoms. The number of benzene rings is 3. The molecule has 0 N–H and O–H groups in total. The molecule has 3 aromatic carbocycles. The molecule has 0 saturated carbocycles. The van der Waals surface area contributed by atoms with E-state index in [-0.39, 0.29) is 0 Å². The average Bonchev–Trinajstić information content (AvgIpc) is 3.33. The topological polar surface area (TPSA) is 30.3 Å². The van der Waals surface area contributed by atoms with Crippen LogP contribution in [0.3, 0.4) is 0 Å². The van der Waals surface area contributed by atoms with Gasteiger partial charge in [-0.15, -0.1) is 11.8 Å². The molecule has 0 amide bonds. The van der Waals surface area contributed by atoms with Gasteiger partial charge in [-0.3, -0.25) is 4.90 Å². The Hall–Kier alpha value is -3.02. The molecular formula is C33H41N3OS. The molecule has 1 heterocycles. The molecule has 0 aliphatic rings. The Labute approximate surface area is 233 Å². The van der Waals surface area contributed by atoms with Crippen molar-refractivity contribution in [2.24, 2.45) is 0 Å². The Morgan fingerprint density at radius 1 is 0.789 bits per heavy atom. The fourth-order valence-corrected chi connectivity index (χ4v) is 4.98. The summed E-state index contributed by atoms with van der Waals surface area (Å²) in [6.45, 7) is 8.31. The van der Waals surface area contributed by atoms with Crippen LogP contribution in [0.4, 0.5) is 0 Å². The Bertz CT molecular complexity index is 1220. The third kappa shape index (κ3) is 7.52. The lowest BCUT2D eigenvalue weighted by molar-refractivity contribution is 0.246. The predicted molar refractivity (Wildman–Crippen MR) is 162 cm³/mol. The number of imidazole rings is 1. The third-order valence-electron chi connectivity index (χ3n) is 6.76. The standard InChI is InChI=1S/C33H41N3OS/c1-4-6-22-35(24-27-18-20-30(21-19-27)37-26-38-3)25-31-32(28-14-10-8-11-15-28)34-33(36(31)23-7-5-2)29-16-12-9-13-17-29/h8-21H,4-7,22-26H2,1-3H3. The lowest BCUT2D eigenvalue weighted by atomic mass is 10.1. The number of hydrogen-bond acceptors (Lipinski definition) is 4. The summed E-state index contributed by atoms with van der Waals surface area (Å²) in [4.78, 5) is 7.89. The van der Waals surface area contributed by atoms with Crippen molar-refractivity contribution in [1.29, 1.82) is 0 Å². The predicted octanol–water partition coefficient (Wildman–Crippen LogP) is 8.52. The molecule has 0 saturated heterocycles. The SMILES string of the molecule is CCCCN(Cc1ccc(OCSC)cc1)Cc1c(-c2ccccc2)nc(-c2ccccc2)n1CCCC. The number of rotatable bonds is 15. The molecule has 0 bridgehead atoms. The highest BCUT2D eigenvalue weighted by atomic mass is 32.2. The molecule has 4 aromatic rings. The van der Waals surface area contributed by atoms with Crippen LogP contribution in [0.25, 0.3) is 22.6 Å². The second-order valence-electron chi connectivity index (χ2n) is 9.73. The van der Waals surface area contributed by atoms with Crippen LogP contribution in [0.1, 0.15) is 50.8 Å². The highest BCUT2D eigenvalue weighted by molar-refractivity contribution is 7.98. The molecule has 0 spiro atoms. The van der Waals surface area contributed by atoms with Crippen LogP contribution in [-0.2, 0) is 19.6 Å². The van der Waals surface area contributed by atoms with E-state index in [1.807, 2.05) is 0 Å². The van der Waals surface area contributed by atoms with E-state index >= 15 is 0 Å². The van der Waals surface area contributed by atoms with Gasteiger partial charge < -0.3 is 9.30 Å². The highest BCUT2D eigenvalue weighted by Gasteiger charge is 2.21. The Kier molecular flexibility index (Phi) is 10.9. The highest BCUT2D eigenvalue weighted by Crippen LogP contribution is 2.31. The smallest absolute Gasteiger partial charge is 0.140 e. The number of unbranched alkanes of at least 4 members (excludes halogenated alkanes) is 2. The van der Waals surface area contributed by atoms with Crippen molar-refractivity contribution in [3.8, 4) is 28.4 Å². The summed E-state index contributed by atoms with van der Waals surface area (Å²) in [5, 5.41) is 0. The van der Waals surface area contributed by atoms with E-state index < -0.39 is 0 Å². The first-order valence-electron chi connectivity index (χ1n) is 13.9. The van der Waals surface area contributed by atoms with Crippen molar-refractivity contribution in [3.63, 3.8) is 0 Å². The minimum absolute atomic E-state index is 0.676. The molecule has 0 unspecified atom stereocenters. The first kappa shape index (κ1) is 28.0. The van der Waals surface area contributed by atoms with E-state index in [1.165, 1.54) is 35.2 Å². The largest absolute Gasteiger partial charge is 0.483 e. The first-order valence-corrected chi connectivity index (χ1v) is 15.3. The summed E-state index contributed by atoms with van der Waals surface area (Å²) < 4.78 is 8.26. The quantitative estimate of drug-likeness (QED) is 0.145. The Morgan fingerprint density at radius 2 is 1.45 bits per heavy atom.